The van der Waals surface area contributed by atoms with Gasteiger partial charge >= 0.3 is 6.36 Å². The van der Waals surface area contributed by atoms with Crippen molar-refractivity contribution in [3.05, 3.63) is 28.2 Å². The van der Waals surface area contributed by atoms with Crippen LogP contribution in [0.25, 0.3) is 0 Å². The van der Waals surface area contributed by atoms with Crippen LogP contribution in [-0.4, -0.2) is 12.6 Å². The Morgan fingerprint density at radius 2 is 2.00 bits per heavy atom. The molecule has 1 rings (SSSR count). The lowest BCUT2D eigenvalue weighted by Gasteiger charge is -2.14. The molecule has 1 unspecified atom stereocenters. The summed E-state index contributed by atoms with van der Waals surface area (Å²) in [6.45, 7) is 0. The quantitative estimate of drug-likeness (QED) is 0.601. The highest BCUT2D eigenvalue weighted by molar-refractivity contribution is 9.10. The standard InChI is InChI=1S/C9H5Br2F3O2/c10-5-1-2-8(16-9(12,13)14)6(3-5)7(11)4-15/h1-4,7H. The van der Waals surface area contributed by atoms with Crippen LogP contribution in [0.5, 0.6) is 5.75 Å². The molecule has 1 aromatic carbocycles. The molecule has 0 amide bonds. The van der Waals surface area contributed by atoms with Gasteiger partial charge in [-0.1, -0.05) is 31.9 Å². The van der Waals surface area contributed by atoms with E-state index in [9.17, 15) is 18.0 Å². The van der Waals surface area contributed by atoms with Crippen LogP contribution in [0.15, 0.2) is 22.7 Å². The van der Waals surface area contributed by atoms with Crippen molar-refractivity contribution in [3.63, 3.8) is 0 Å². The molecule has 0 heterocycles. The van der Waals surface area contributed by atoms with E-state index in [0.717, 1.165) is 6.07 Å². The Labute approximate surface area is 106 Å². The predicted octanol–water partition coefficient (Wildman–Crippen LogP) is 3.98. The number of alkyl halides is 4. The number of rotatable bonds is 3. The van der Waals surface area contributed by atoms with Gasteiger partial charge in [0.25, 0.3) is 0 Å². The molecule has 16 heavy (non-hydrogen) atoms. The number of halogens is 5. The van der Waals surface area contributed by atoms with E-state index < -0.39 is 16.9 Å². The number of ether oxygens (including phenoxy) is 1. The van der Waals surface area contributed by atoms with Crippen LogP contribution < -0.4 is 4.74 Å². The van der Waals surface area contributed by atoms with Crippen molar-refractivity contribution in [1.82, 2.24) is 0 Å². The minimum absolute atomic E-state index is 0.113. The molecular weight excluding hydrogens is 357 g/mol. The highest BCUT2D eigenvalue weighted by Gasteiger charge is 2.32. The molecular formula is C9H5Br2F3O2. The summed E-state index contributed by atoms with van der Waals surface area (Å²) < 4.78 is 40.5. The number of carbonyl (C=O) groups excluding carboxylic acids is 1. The second-order valence-corrected chi connectivity index (χ2v) is 4.67. The predicted molar refractivity (Wildman–Crippen MR) is 58.6 cm³/mol. The molecule has 7 heteroatoms. The summed E-state index contributed by atoms with van der Waals surface area (Å²) in [6.07, 6.45) is -4.30. The van der Waals surface area contributed by atoms with E-state index in [1.165, 1.54) is 12.1 Å². The third kappa shape index (κ3) is 3.79. The van der Waals surface area contributed by atoms with Crippen LogP contribution in [0.3, 0.4) is 0 Å². The third-order valence-corrected chi connectivity index (χ3v) is 2.82. The summed E-state index contributed by atoms with van der Waals surface area (Å²) in [7, 11) is 0. The maximum Gasteiger partial charge on any atom is 0.573 e. The molecule has 1 atom stereocenters. The van der Waals surface area contributed by atoms with Gasteiger partial charge in [0.05, 0.1) is 4.83 Å². The van der Waals surface area contributed by atoms with Gasteiger partial charge in [-0.3, -0.25) is 0 Å². The van der Waals surface area contributed by atoms with Crippen molar-refractivity contribution < 1.29 is 22.7 Å². The van der Waals surface area contributed by atoms with Gasteiger partial charge in [0.15, 0.2) is 0 Å². The summed E-state index contributed by atoms with van der Waals surface area (Å²) in [5, 5.41) is 0. The molecule has 0 spiro atoms. The van der Waals surface area contributed by atoms with Crippen molar-refractivity contribution in [2.24, 2.45) is 0 Å². The zero-order valence-electron chi connectivity index (χ0n) is 7.59. The first-order valence-corrected chi connectivity index (χ1v) is 5.69. The van der Waals surface area contributed by atoms with Gasteiger partial charge in [-0.15, -0.1) is 13.2 Å². The lowest BCUT2D eigenvalue weighted by Crippen LogP contribution is -2.18. The van der Waals surface area contributed by atoms with Crippen molar-refractivity contribution in [2.45, 2.75) is 11.2 Å². The molecule has 0 aliphatic carbocycles. The monoisotopic (exact) mass is 360 g/mol. The molecule has 0 aliphatic rings. The Morgan fingerprint density at radius 1 is 1.38 bits per heavy atom. The Bertz CT molecular complexity index is 393. The SMILES string of the molecule is O=CC(Br)c1cc(Br)ccc1OC(F)(F)F. The molecule has 0 N–H and O–H groups in total. The molecule has 0 aliphatic heterocycles. The molecule has 0 aromatic heterocycles. The first kappa shape index (κ1) is 13.5. The molecule has 88 valence electrons. The van der Waals surface area contributed by atoms with E-state index in [-0.39, 0.29) is 5.56 Å². The number of aldehydes is 1. The Morgan fingerprint density at radius 3 is 2.50 bits per heavy atom. The molecule has 0 saturated carbocycles. The average Bonchev–Trinajstić information content (AvgIpc) is 2.17. The summed E-state index contributed by atoms with van der Waals surface area (Å²) in [5.74, 6) is -0.398. The maximum atomic E-state index is 12.1. The fourth-order valence-electron chi connectivity index (χ4n) is 1.03. The molecule has 0 radical (unpaired) electrons. The van der Waals surface area contributed by atoms with Crippen LogP contribution >= 0.6 is 31.9 Å². The second-order valence-electron chi connectivity index (χ2n) is 2.77. The van der Waals surface area contributed by atoms with E-state index >= 15 is 0 Å². The van der Waals surface area contributed by atoms with Crippen molar-refractivity contribution in [1.29, 1.82) is 0 Å². The smallest absolute Gasteiger partial charge is 0.405 e. The van der Waals surface area contributed by atoms with Crippen LogP contribution in [0, 0.1) is 0 Å². The molecule has 2 nitrogen and oxygen atoms in total. The van der Waals surface area contributed by atoms with Crippen molar-refractivity contribution >= 4 is 38.1 Å². The summed E-state index contributed by atoms with van der Waals surface area (Å²) in [6, 6.07) is 3.93. The van der Waals surface area contributed by atoms with Gasteiger partial charge in [-0.05, 0) is 18.2 Å². The molecule has 0 saturated heterocycles. The van der Waals surface area contributed by atoms with E-state index in [0.29, 0.717) is 10.8 Å². The van der Waals surface area contributed by atoms with Gasteiger partial charge in [0.1, 0.15) is 12.0 Å². The summed E-state index contributed by atoms with van der Waals surface area (Å²) >= 11 is 6.04. The second kappa shape index (κ2) is 5.18. The fraction of sp³-hybridized carbons (Fsp3) is 0.222. The van der Waals surface area contributed by atoms with E-state index in [1.54, 1.807) is 0 Å². The first-order valence-electron chi connectivity index (χ1n) is 3.98. The molecule has 0 fully saturated rings. The molecule has 0 bridgehead atoms. The number of hydrogen-bond donors (Lipinski definition) is 0. The zero-order chi connectivity index (χ0) is 12.3. The van der Waals surface area contributed by atoms with Crippen LogP contribution in [0.1, 0.15) is 10.4 Å². The Balaban J connectivity index is 3.12. The van der Waals surface area contributed by atoms with Crippen molar-refractivity contribution in [2.75, 3.05) is 0 Å². The number of hydrogen-bond acceptors (Lipinski definition) is 2. The minimum Gasteiger partial charge on any atom is -0.405 e. The highest BCUT2D eigenvalue weighted by Crippen LogP contribution is 2.35. The van der Waals surface area contributed by atoms with Crippen LogP contribution in [-0.2, 0) is 4.79 Å². The Hall–Kier alpha value is -0.560. The highest BCUT2D eigenvalue weighted by atomic mass is 79.9. The fourth-order valence-corrected chi connectivity index (χ4v) is 1.76. The maximum absolute atomic E-state index is 12.1. The first-order chi connectivity index (χ1) is 7.33. The van der Waals surface area contributed by atoms with Gasteiger partial charge < -0.3 is 9.53 Å². The van der Waals surface area contributed by atoms with Gasteiger partial charge in [0.2, 0.25) is 0 Å². The van der Waals surface area contributed by atoms with E-state index in [4.69, 9.17) is 0 Å². The normalized spacial score (nSPS) is 13.3. The average molecular weight is 362 g/mol. The topological polar surface area (TPSA) is 26.3 Å². The van der Waals surface area contributed by atoms with Gasteiger partial charge in [-0.25, -0.2) is 0 Å². The lowest BCUT2D eigenvalue weighted by molar-refractivity contribution is -0.274. The Kier molecular flexibility index (Phi) is 4.37. The van der Waals surface area contributed by atoms with Crippen molar-refractivity contribution in [3.8, 4) is 5.75 Å². The summed E-state index contributed by atoms with van der Waals surface area (Å²) in [4.78, 5) is 9.69. The minimum atomic E-state index is -4.78. The largest absolute Gasteiger partial charge is 0.573 e. The van der Waals surface area contributed by atoms with E-state index in [1.807, 2.05) is 0 Å². The number of carbonyl (C=O) groups is 1. The van der Waals surface area contributed by atoms with Crippen LogP contribution in [0.2, 0.25) is 0 Å². The lowest BCUT2D eigenvalue weighted by atomic mass is 10.1. The zero-order valence-corrected chi connectivity index (χ0v) is 10.8. The number of benzene rings is 1. The van der Waals surface area contributed by atoms with E-state index in [2.05, 4.69) is 36.6 Å². The summed E-state index contributed by atoms with van der Waals surface area (Å²) in [5.41, 5.74) is 0.113. The van der Waals surface area contributed by atoms with Gasteiger partial charge in [0, 0.05) is 10.0 Å². The molecule has 1 aromatic rings. The third-order valence-electron chi connectivity index (χ3n) is 1.61. The van der Waals surface area contributed by atoms with Crippen LogP contribution in [0.4, 0.5) is 13.2 Å². The van der Waals surface area contributed by atoms with Gasteiger partial charge in [-0.2, -0.15) is 0 Å².